The summed E-state index contributed by atoms with van der Waals surface area (Å²) < 4.78 is 13.4. The summed E-state index contributed by atoms with van der Waals surface area (Å²) in [7, 11) is 3.57. The molecule has 2 aromatic carbocycles. The number of halogens is 1. The molecule has 1 aliphatic heterocycles. The van der Waals surface area contributed by atoms with Gasteiger partial charge in [-0.05, 0) is 73.8 Å². The Morgan fingerprint density at radius 1 is 1.00 bits per heavy atom. The number of nitrogens with one attached hydrogen (secondary N) is 1. The van der Waals surface area contributed by atoms with Gasteiger partial charge in [0.15, 0.2) is 0 Å². The van der Waals surface area contributed by atoms with E-state index >= 15 is 0 Å². The van der Waals surface area contributed by atoms with E-state index in [4.69, 9.17) is 9.47 Å². The molecule has 7 nitrogen and oxygen atoms in total. The van der Waals surface area contributed by atoms with Crippen molar-refractivity contribution in [1.82, 2.24) is 14.8 Å². The van der Waals surface area contributed by atoms with E-state index in [-0.39, 0.29) is 18.3 Å². The largest absolute Gasteiger partial charge is 0.497 e. The summed E-state index contributed by atoms with van der Waals surface area (Å²) in [5.74, 6) is 1.76. The van der Waals surface area contributed by atoms with Crippen LogP contribution < -0.4 is 19.7 Å². The van der Waals surface area contributed by atoms with Crippen LogP contribution in [-0.2, 0) is 13.7 Å². The number of nitrogens with zero attached hydrogens (tertiary/aromatic N) is 3. The maximum absolute atomic E-state index is 12.2. The van der Waals surface area contributed by atoms with E-state index in [9.17, 15) is 4.79 Å². The first-order chi connectivity index (χ1) is 17.5. The lowest BCUT2D eigenvalue weighted by Gasteiger charge is -2.37. The van der Waals surface area contributed by atoms with Crippen LogP contribution >= 0.6 is 12.4 Å². The average Bonchev–Trinajstić information content (AvgIpc) is 3.34. The zero-order chi connectivity index (χ0) is 25.3. The number of aryl methyl sites for hydroxylation is 2. The van der Waals surface area contributed by atoms with E-state index in [0.29, 0.717) is 18.8 Å². The van der Waals surface area contributed by atoms with Crippen LogP contribution in [0.2, 0.25) is 0 Å². The number of methoxy groups -OCH3 is 1. The molecule has 0 atom stereocenters. The molecule has 1 fully saturated rings. The van der Waals surface area contributed by atoms with Gasteiger partial charge in [-0.1, -0.05) is 18.2 Å². The van der Waals surface area contributed by atoms with Gasteiger partial charge in [-0.3, -0.25) is 9.69 Å². The molecule has 1 aliphatic rings. The summed E-state index contributed by atoms with van der Waals surface area (Å²) in [5, 5.41) is 3.03. The van der Waals surface area contributed by atoms with Crippen molar-refractivity contribution in [2.75, 3.05) is 51.3 Å². The zero-order valence-electron chi connectivity index (χ0n) is 22.1. The maximum Gasteiger partial charge on any atom is 0.267 e. The van der Waals surface area contributed by atoms with Gasteiger partial charge in [0.25, 0.3) is 5.91 Å². The Morgan fingerprint density at radius 3 is 2.54 bits per heavy atom. The van der Waals surface area contributed by atoms with Crippen molar-refractivity contribution >= 4 is 24.0 Å². The number of ether oxygens (including phenoxy) is 2. The molecule has 2 heterocycles. The van der Waals surface area contributed by atoms with Crippen LogP contribution in [0, 0.1) is 6.92 Å². The molecular weight excluding hydrogens is 488 g/mol. The van der Waals surface area contributed by atoms with Gasteiger partial charge in [0.1, 0.15) is 23.8 Å². The fourth-order valence-corrected chi connectivity index (χ4v) is 4.58. The van der Waals surface area contributed by atoms with Gasteiger partial charge >= 0.3 is 0 Å². The van der Waals surface area contributed by atoms with Crippen LogP contribution in [0.15, 0.2) is 60.8 Å². The second-order valence-corrected chi connectivity index (χ2v) is 9.41. The highest BCUT2D eigenvalue weighted by molar-refractivity contribution is 5.92. The fourth-order valence-electron chi connectivity index (χ4n) is 4.58. The number of hydrogen-bond acceptors (Lipinski definition) is 5. The van der Waals surface area contributed by atoms with E-state index in [0.717, 1.165) is 62.6 Å². The first-order valence-electron chi connectivity index (χ1n) is 12.8. The van der Waals surface area contributed by atoms with Crippen LogP contribution in [0.1, 0.15) is 34.5 Å². The van der Waals surface area contributed by atoms with Crippen molar-refractivity contribution in [3.05, 3.63) is 77.6 Å². The molecule has 0 unspecified atom stereocenters. The molecule has 8 heteroatoms. The van der Waals surface area contributed by atoms with Gasteiger partial charge in [-0.15, -0.1) is 12.4 Å². The zero-order valence-corrected chi connectivity index (χ0v) is 22.9. The third kappa shape index (κ3) is 7.91. The van der Waals surface area contributed by atoms with Crippen molar-refractivity contribution in [1.29, 1.82) is 0 Å². The summed E-state index contributed by atoms with van der Waals surface area (Å²) >= 11 is 0. The third-order valence-corrected chi connectivity index (χ3v) is 6.72. The molecule has 37 heavy (non-hydrogen) atoms. The van der Waals surface area contributed by atoms with Crippen molar-refractivity contribution in [3.63, 3.8) is 0 Å². The number of unbranched alkanes of at least 4 members (excludes halogenated alkanes) is 1. The van der Waals surface area contributed by atoms with E-state index in [1.165, 1.54) is 11.3 Å². The lowest BCUT2D eigenvalue weighted by atomic mass is 10.1. The standard InChI is InChI=1S/C29H38N4O3.ClH/c1-23-11-12-28(36-22-24-8-6-9-25(21-24)35-3)27(20-23)33-18-16-32(17-19-33)15-5-4-13-30-29(34)26-10-7-14-31(26)2;/h6-12,14,20-21H,4-5,13,15-19,22H2,1-3H3,(H,30,34);1H. The molecule has 1 saturated heterocycles. The Labute approximate surface area is 226 Å². The van der Waals surface area contributed by atoms with Crippen LogP contribution in [0.3, 0.4) is 0 Å². The smallest absolute Gasteiger partial charge is 0.267 e. The lowest BCUT2D eigenvalue weighted by Crippen LogP contribution is -2.46. The van der Waals surface area contributed by atoms with Gasteiger partial charge < -0.3 is 24.3 Å². The van der Waals surface area contributed by atoms with Gasteiger partial charge in [0, 0.05) is 46.0 Å². The molecule has 0 radical (unpaired) electrons. The van der Waals surface area contributed by atoms with Gasteiger partial charge in [-0.2, -0.15) is 0 Å². The highest BCUT2D eigenvalue weighted by Gasteiger charge is 2.20. The van der Waals surface area contributed by atoms with E-state index in [1.807, 2.05) is 48.1 Å². The van der Waals surface area contributed by atoms with Crippen LogP contribution in [-0.4, -0.2) is 61.8 Å². The number of aromatic nitrogens is 1. The predicted octanol–water partition coefficient (Wildman–Crippen LogP) is 4.68. The van der Waals surface area contributed by atoms with E-state index in [2.05, 4.69) is 46.3 Å². The number of rotatable bonds is 11. The second kappa shape index (κ2) is 14.0. The van der Waals surface area contributed by atoms with Gasteiger partial charge in [0.2, 0.25) is 0 Å². The molecule has 4 rings (SSSR count). The van der Waals surface area contributed by atoms with Crippen molar-refractivity contribution in [3.8, 4) is 11.5 Å². The van der Waals surface area contributed by atoms with Gasteiger partial charge in [-0.25, -0.2) is 0 Å². The number of anilines is 1. The predicted molar refractivity (Wildman–Crippen MR) is 151 cm³/mol. The summed E-state index contributed by atoms with van der Waals surface area (Å²) in [5.41, 5.74) is 4.19. The molecule has 200 valence electrons. The molecule has 0 bridgehead atoms. The minimum atomic E-state index is -0.00121. The number of benzene rings is 2. The molecule has 1 aromatic heterocycles. The van der Waals surface area contributed by atoms with Gasteiger partial charge in [0.05, 0.1) is 12.8 Å². The molecule has 3 aromatic rings. The monoisotopic (exact) mass is 526 g/mol. The Bertz CT molecular complexity index is 1140. The molecule has 1 amide bonds. The van der Waals surface area contributed by atoms with Crippen molar-refractivity contribution in [2.45, 2.75) is 26.4 Å². The molecule has 0 saturated carbocycles. The topological polar surface area (TPSA) is 59.0 Å². The minimum absolute atomic E-state index is 0. The summed E-state index contributed by atoms with van der Waals surface area (Å²) in [6, 6.07) is 18.2. The number of amides is 1. The molecular formula is C29H39ClN4O3. The lowest BCUT2D eigenvalue weighted by molar-refractivity contribution is 0.0944. The molecule has 1 N–H and O–H groups in total. The van der Waals surface area contributed by atoms with E-state index < -0.39 is 0 Å². The third-order valence-electron chi connectivity index (χ3n) is 6.72. The number of hydrogen-bond donors (Lipinski definition) is 1. The number of carbonyl (C=O) groups is 1. The Morgan fingerprint density at radius 2 is 1.81 bits per heavy atom. The van der Waals surface area contributed by atoms with E-state index in [1.54, 1.807) is 7.11 Å². The van der Waals surface area contributed by atoms with Crippen molar-refractivity contribution in [2.24, 2.45) is 7.05 Å². The fraction of sp³-hybridized carbons (Fsp3) is 0.414. The van der Waals surface area contributed by atoms with Crippen molar-refractivity contribution < 1.29 is 14.3 Å². The first kappa shape index (κ1) is 28.4. The van der Waals surface area contributed by atoms with Crippen LogP contribution in [0.25, 0.3) is 0 Å². The number of carbonyl (C=O) groups excluding carboxylic acids is 1. The molecule has 0 aliphatic carbocycles. The van der Waals surface area contributed by atoms with Crippen LogP contribution in [0.5, 0.6) is 11.5 Å². The Balaban J connectivity index is 0.00000380. The highest BCUT2D eigenvalue weighted by Crippen LogP contribution is 2.31. The first-order valence-corrected chi connectivity index (χ1v) is 12.8. The summed E-state index contributed by atoms with van der Waals surface area (Å²) in [6.45, 7) is 8.41. The SMILES string of the molecule is COc1cccc(COc2ccc(C)cc2N2CCN(CCCCNC(=O)c3cccn3C)CC2)c1.Cl. The quantitative estimate of drug-likeness (QED) is 0.368. The molecule has 0 spiro atoms. The average molecular weight is 527 g/mol. The summed E-state index contributed by atoms with van der Waals surface area (Å²) in [4.78, 5) is 17.2. The Hall–Kier alpha value is -3.16. The number of piperazine rings is 1. The second-order valence-electron chi connectivity index (χ2n) is 9.41. The maximum atomic E-state index is 12.2. The minimum Gasteiger partial charge on any atom is -0.497 e. The summed E-state index contributed by atoms with van der Waals surface area (Å²) in [6.07, 6.45) is 3.95. The highest BCUT2D eigenvalue weighted by atomic mass is 35.5. The Kier molecular flexibility index (Phi) is 10.7. The van der Waals surface area contributed by atoms with Crippen LogP contribution in [0.4, 0.5) is 5.69 Å². The normalized spacial score (nSPS) is 13.6.